The number of anilines is 2. The average molecular weight is 404 g/mol. The predicted octanol–water partition coefficient (Wildman–Crippen LogP) is 3.15. The van der Waals surface area contributed by atoms with E-state index in [1.54, 1.807) is 12.3 Å². The van der Waals surface area contributed by atoms with Crippen LogP contribution in [0.25, 0.3) is 22.2 Å². The number of methoxy groups -OCH3 is 2. The molecule has 0 aliphatic heterocycles. The van der Waals surface area contributed by atoms with Crippen LogP contribution in [0.3, 0.4) is 0 Å². The number of rotatable bonds is 5. The number of hydrogen-bond donors (Lipinski definition) is 2. The Bertz CT molecular complexity index is 1300. The van der Waals surface area contributed by atoms with Crippen molar-refractivity contribution in [2.75, 3.05) is 19.5 Å². The van der Waals surface area contributed by atoms with Crippen molar-refractivity contribution in [2.24, 2.45) is 0 Å². The molecule has 1 aromatic carbocycles. The summed E-state index contributed by atoms with van der Waals surface area (Å²) in [7, 11) is 3.02. The van der Waals surface area contributed by atoms with Gasteiger partial charge >= 0.3 is 0 Å². The Kier molecular flexibility index (Phi) is 5.01. The Hall–Kier alpha value is -4.01. The third kappa shape index (κ3) is 3.77. The average Bonchev–Trinajstić information content (AvgIpc) is 2.73. The van der Waals surface area contributed by atoms with Gasteiger partial charge in [-0.3, -0.25) is 15.1 Å². The zero-order valence-electron chi connectivity index (χ0n) is 17.0. The number of ether oxygens (including phenoxy) is 2. The van der Waals surface area contributed by atoms with Crippen molar-refractivity contribution in [1.82, 2.24) is 24.9 Å². The van der Waals surface area contributed by atoms with Gasteiger partial charge in [0.05, 0.1) is 31.1 Å². The SMILES string of the molecule is COc1cc(-c2cc(=O)[nH]c(Nc3nc(C)c4cc(C)ccc4n3)n2)cnc1OC. The Labute approximate surface area is 172 Å². The van der Waals surface area contributed by atoms with E-state index >= 15 is 0 Å². The number of hydrogen-bond acceptors (Lipinski definition) is 8. The van der Waals surface area contributed by atoms with Crippen LogP contribution >= 0.6 is 0 Å². The minimum absolute atomic E-state index is 0.221. The lowest BCUT2D eigenvalue weighted by molar-refractivity contribution is 0.343. The Morgan fingerprint density at radius 2 is 1.83 bits per heavy atom. The van der Waals surface area contributed by atoms with Crippen molar-refractivity contribution in [2.45, 2.75) is 13.8 Å². The highest BCUT2D eigenvalue weighted by Gasteiger charge is 2.12. The summed E-state index contributed by atoms with van der Waals surface area (Å²) >= 11 is 0. The molecule has 2 N–H and O–H groups in total. The second-order valence-corrected chi connectivity index (χ2v) is 6.69. The third-order valence-electron chi connectivity index (χ3n) is 4.54. The molecule has 0 aliphatic carbocycles. The van der Waals surface area contributed by atoms with E-state index in [9.17, 15) is 4.79 Å². The molecule has 0 radical (unpaired) electrons. The zero-order valence-corrected chi connectivity index (χ0v) is 17.0. The maximum absolute atomic E-state index is 12.2. The molecule has 0 spiro atoms. The number of nitrogens with one attached hydrogen (secondary N) is 2. The van der Waals surface area contributed by atoms with Crippen LogP contribution in [-0.4, -0.2) is 39.1 Å². The number of pyridine rings is 1. The molecule has 9 nitrogen and oxygen atoms in total. The van der Waals surface area contributed by atoms with Gasteiger partial charge in [0, 0.05) is 23.2 Å². The highest BCUT2D eigenvalue weighted by molar-refractivity contribution is 5.82. The normalized spacial score (nSPS) is 10.8. The summed E-state index contributed by atoms with van der Waals surface area (Å²) in [5.41, 5.74) is 3.46. The first-order valence-corrected chi connectivity index (χ1v) is 9.18. The predicted molar refractivity (Wildman–Crippen MR) is 113 cm³/mol. The number of aryl methyl sites for hydroxylation is 2. The fourth-order valence-corrected chi connectivity index (χ4v) is 3.09. The Morgan fingerprint density at radius 1 is 1.00 bits per heavy atom. The summed E-state index contributed by atoms with van der Waals surface area (Å²) in [5.74, 6) is 1.35. The highest BCUT2D eigenvalue weighted by atomic mass is 16.5. The second kappa shape index (κ2) is 7.78. The molecule has 0 amide bonds. The maximum atomic E-state index is 12.2. The number of aromatic amines is 1. The lowest BCUT2D eigenvalue weighted by Crippen LogP contribution is -2.12. The summed E-state index contributed by atoms with van der Waals surface area (Å²) in [6.45, 7) is 3.94. The minimum atomic E-state index is -0.328. The van der Waals surface area contributed by atoms with Crippen molar-refractivity contribution in [1.29, 1.82) is 0 Å². The molecule has 3 heterocycles. The van der Waals surface area contributed by atoms with Crippen molar-refractivity contribution in [3.8, 4) is 22.9 Å². The van der Waals surface area contributed by atoms with Crippen LogP contribution < -0.4 is 20.3 Å². The Balaban J connectivity index is 1.72. The standard InChI is InChI=1S/C21H20N6O3/c1-11-5-6-15-14(7-11)12(2)23-20(24-15)27-21-25-16(9-18(28)26-21)13-8-17(29-3)19(30-4)22-10-13/h5-10H,1-4H3,(H2,23,24,25,26,27,28). The summed E-state index contributed by atoms with van der Waals surface area (Å²) in [6.07, 6.45) is 1.56. The molecule has 3 aromatic heterocycles. The van der Waals surface area contributed by atoms with Gasteiger partial charge in [0.2, 0.25) is 11.9 Å². The molecule has 4 rings (SSSR count). The number of benzene rings is 1. The van der Waals surface area contributed by atoms with E-state index in [2.05, 4.69) is 30.2 Å². The first-order chi connectivity index (χ1) is 14.5. The van der Waals surface area contributed by atoms with Crippen LogP contribution in [0.5, 0.6) is 11.6 Å². The first kappa shape index (κ1) is 19.3. The number of fused-ring (bicyclic) bond motifs is 1. The largest absolute Gasteiger partial charge is 0.491 e. The number of nitrogens with zero attached hydrogens (tertiary/aromatic N) is 4. The van der Waals surface area contributed by atoms with E-state index < -0.39 is 0 Å². The van der Waals surface area contributed by atoms with Crippen LogP contribution in [0.15, 0.2) is 41.3 Å². The molecule has 0 saturated carbocycles. The van der Waals surface area contributed by atoms with Gasteiger partial charge < -0.3 is 9.47 Å². The summed E-state index contributed by atoms with van der Waals surface area (Å²) in [6, 6.07) is 9.05. The molecule has 152 valence electrons. The van der Waals surface area contributed by atoms with Crippen molar-refractivity contribution in [3.63, 3.8) is 0 Å². The Morgan fingerprint density at radius 3 is 2.60 bits per heavy atom. The van der Waals surface area contributed by atoms with Crippen LogP contribution in [0.1, 0.15) is 11.3 Å². The van der Waals surface area contributed by atoms with Crippen molar-refractivity contribution in [3.05, 3.63) is 58.1 Å². The van der Waals surface area contributed by atoms with Gasteiger partial charge in [-0.25, -0.2) is 19.9 Å². The lowest BCUT2D eigenvalue weighted by atomic mass is 10.1. The van der Waals surface area contributed by atoms with Gasteiger partial charge in [-0.05, 0) is 32.0 Å². The molecule has 0 unspecified atom stereocenters. The van der Waals surface area contributed by atoms with E-state index in [-0.39, 0.29) is 11.5 Å². The monoisotopic (exact) mass is 404 g/mol. The van der Waals surface area contributed by atoms with Gasteiger partial charge in [0.25, 0.3) is 11.4 Å². The third-order valence-corrected chi connectivity index (χ3v) is 4.54. The first-order valence-electron chi connectivity index (χ1n) is 9.18. The summed E-state index contributed by atoms with van der Waals surface area (Å²) in [4.78, 5) is 32.6. The molecule has 0 aliphatic rings. The molecule has 9 heteroatoms. The van der Waals surface area contributed by atoms with Crippen molar-refractivity contribution >= 4 is 22.8 Å². The minimum Gasteiger partial charge on any atom is -0.491 e. The van der Waals surface area contributed by atoms with E-state index in [4.69, 9.17) is 9.47 Å². The molecular weight excluding hydrogens is 384 g/mol. The highest BCUT2D eigenvalue weighted by Crippen LogP contribution is 2.29. The summed E-state index contributed by atoms with van der Waals surface area (Å²) in [5, 5.41) is 3.97. The zero-order chi connectivity index (χ0) is 21.3. The van der Waals surface area contributed by atoms with E-state index in [0.717, 1.165) is 22.2 Å². The van der Waals surface area contributed by atoms with Gasteiger partial charge in [-0.2, -0.15) is 0 Å². The van der Waals surface area contributed by atoms with Gasteiger partial charge in [0.1, 0.15) is 0 Å². The van der Waals surface area contributed by atoms with Crippen LogP contribution in [-0.2, 0) is 0 Å². The van der Waals surface area contributed by atoms with Crippen LogP contribution in [0.4, 0.5) is 11.9 Å². The van der Waals surface area contributed by atoms with Crippen LogP contribution in [0, 0.1) is 13.8 Å². The molecule has 30 heavy (non-hydrogen) atoms. The van der Waals surface area contributed by atoms with E-state index in [1.165, 1.54) is 20.3 Å². The lowest BCUT2D eigenvalue weighted by Gasteiger charge is -2.10. The molecule has 0 saturated heterocycles. The number of H-pyrrole nitrogens is 1. The van der Waals surface area contributed by atoms with Gasteiger partial charge in [0.15, 0.2) is 5.75 Å². The summed E-state index contributed by atoms with van der Waals surface area (Å²) < 4.78 is 10.4. The van der Waals surface area contributed by atoms with Crippen molar-refractivity contribution < 1.29 is 9.47 Å². The smallest absolute Gasteiger partial charge is 0.256 e. The fraction of sp³-hybridized carbons (Fsp3) is 0.190. The maximum Gasteiger partial charge on any atom is 0.256 e. The fourth-order valence-electron chi connectivity index (χ4n) is 3.09. The van der Waals surface area contributed by atoms with E-state index in [0.29, 0.717) is 28.8 Å². The molecule has 0 atom stereocenters. The van der Waals surface area contributed by atoms with E-state index in [1.807, 2.05) is 32.0 Å². The van der Waals surface area contributed by atoms with Gasteiger partial charge in [-0.15, -0.1) is 0 Å². The van der Waals surface area contributed by atoms with Gasteiger partial charge in [-0.1, -0.05) is 11.6 Å². The number of aromatic nitrogens is 5. The molecular formula is C21H20N6O3. The second-order valence-electron chi connectivity index (χ2n) is 6.69. The quantitative estimate of drug-likeness (QED) is 0.521. The molecule has 0 bridgehead atoms. The molecule has 4 aromatic rings. The van der Waals surface area contributed by atoms with Crippen LogP contribution in [0.2, 0.25) is 0 Å². The molecule has 0 fully saturated rings. The topological polar surface area (TPSA) is 115 Å².